The second kappa shape index (κ2) is 8.51. The van der Waals surface area contributed by atoms with Crippen molar-refractivity contribution in [2.24, 2.45) is 0 Å². The molecule has 3 heterocycles. The Labute approximate surface area is 174 Å². The maximum absolute atomic E-state index is 14.0. The highest BCUT2D eigenvalue weighted by atomic mass is 19.1. The van der Waals surface area contributed by atoms with Gasteiger partial charge in [0, 0.05) is 58.4 Å². The number of hydrogen-bond acceptors (Lipinski definition) is 6. The van der Waals surface area contributed by atoms with Gasteiger partial charge < -0.3 is 19.6 Å². The Morgan fingerprint density at radius 3 is 1.90 bits per heavy atom. The number of piperazine rings is 2. The zero-order valence-electron chi connectivity index (χ0n) is 17.3. The summed E-state index contributed by atoms with van der Waals surface area (Å²) in [5, 5.41) is 0. The van der Waals surface area contributed by atoms with Crippen LogP contribution in [-0.4, -0.2) is 85.1 Å². The van der Waals surface area contributed by atoms with E-state index in [1.165, 1.54) is 11.0 Å². The van der Waals surface area contributed by atoms with Gasteiger partial charge in [-0.1, -0.05) is 6.07 Å². The van der Waals surface area contributed by atoms with E-state index < -0.39 is 23.1 Å². The van der Waals surface area contributed by atoms with E-state index in [-0.39, 0.29) is 0 Å². The van der Waals surface area contributed by atoms with Crippen LogP contribution in [0.1, 0.15) is 16.2 Å². The third-order valence-electron chi connectivity index (χ3n) is 5.71. The minimum absolute atomic E-state index is 0.375. The van der Waals surface area contributed by atoms with Gasteiger partial charge in [-0.2, -0.15) is 0 Å². The van der Waals surface area contributed by atoms with Crippen molar-refractivity contribution >= 4 is 17.5 Å². The SMILES string of the molecule is Cc1nc(N2CCN(C)CC2)cc(N2CCN(C(=O)c3c(F)cccc3F)CC2)n1. The van der Waals surface area contributed by atoms with Crippen LogP contribution in [-0.2, 0) is 0 Å². The van der Waals surface area contributed by atoms with Crippen molar-refractivity contribution in [2.45, 2.75) is 6.92 Å². The van der Waals surface area contributed by atoms with Crippen LogP contribution in [0.25, 0.3) is 0 Å². The fourth-order valence-corrected chi connectivity index (χ4v) is 3.90. The summed E-state index contributed by atoms with van der Waals surface area (Å²) >= 11 is 0. The highest BCUT2D eigenvalue weighted by Crippen LogP contribution is 2.22. The third-order valence-corrected chi connectivity index (χ3v) is 5.71. The molecule has 2 aromatic rings. The molecule has 2 aliphatic rings. The number of rotatable bonds is 3. The van der Waals surface area contributed by atoms with Gasteiger partial charge in [0.1, 0.15) is 34.7 Å². The largest absolute Gasteiger partial charge is 0.354 e. The molecule has 2 fully saturated rings. The van der Waals surface area contributed by atoms with E-state index in [1.54, 1.807) is 0 Å². The van der Waals surface area contributed by atoms with Crippen molar-refractivity contribution < 1.29 is 13.6 Å². The lowest BCUT2D eigenvalue weighted by molar-refractivity contribution is 0.0736. The molecule has 0 spiro atoms. The number of nitrogens with zero attached hydrogens (tertiary/aromatic N) is 6. The molecule has 30 heavy (non-hydrogen) atoms. The summed E-state index contributed by atoms with van der Waals surface area (Å²) in [6.45, 7) is 7.53. The number of carbonyl (C=O) groups is 1. The van der Waals surface area contributed by atoms with Gasteiger partial charge in [0.05, 0.1) is 0 Å². The van der Waals surface area contributed by atoms with Crippen LogP contribution in [0.3, 0.4) is 0 Å². The van der Waals surface area contributed by atoms with Crippen LogP contribution >= 0.6 is 0 Å². The van der Waals surface area contributed by atoms with Gasteiger partial charge in [-0.05, 0) is 26.1 Å². The smallest absolute Gasteiger partial charge is 0.259 e. The number of aromatic nitrogens is 2. The van der Waals surface area contributed by atoms with Crippen molar-refractivity contribution in [1.29, 1.82) is 0 Å². The zero-order valence-corrected chi connectivity index (χ0v) is 17.3. The quantitative estimate of drug-likeness (QED) is 0.760. The maximum Gasteiger partial charge on any atom is 0.259 e. The molecular weight excluding hydrogens is 390 g/mol. The van der Waals surface area contributed by atoms with E-state index in [0.717, 1.165) is 49.9 Å². The topological polar surface area (TPSA) is 55.8 Å². The van der Waals surface area contributed by atoms with Gasteiger partial charge in [-0.25, -0.2) is 18.7 Å². The van der Waals surface area contributed by atoms with Gasteiger partial charge >= 0.3 is 0 Å². The third kappa shape index (κ3) is 4.21. The van der Waals surface area contributed by atoms with Gasteiger partial charge in [0.15, 0.2) is 0 Å². The molecule has 0 saturated carbocycles. The highest BCUT2D eigenvalue weighted by molar-refractivity contribution is 5.95. The molecule has 0 unspecified atom stereocenters. The lowest BCUT2D eigenvalue weighted by Crippen LogP contribution is -2.49. The fraction of sp³-hybridized carbons (Fsp3) is 0.476. The van der Waals surface area contributed by atoms with Crippen LogP contribution in [0.4, 0.5) is 20.4 Å². The summed E-state index contributed by atoms with van der Waals surface area (Å²) in [4.78, 5) is 29.9. The second-order valence-corrected chi connectivity index (χ2v) is 7.80. The standard InChI is InChI=1S/C21H26F2N6O/c1-15-24-18(27-8-6-26(2)7-9-27)14-19(25-15)28-10-12-29(13-11-28)21(30)20-16(22)4-3-5-17(20)23/h3-5,14H,6-13H2,1-2H3. The summed E-state index contributed by atoms with van der Waals surface area (Å²) in [6, 6.07) is 5.47. The maximum atomic E-state index is 14.0. The number of anilines is 2. The summed E-state index contributed by atoms with van der Waals surface area (Å²) in [5.74, 6) is 0.171. The molecule has 9 heteroatoms. The molecule has 2 aliphatic heterocycles. The minimum atomic E-state index is -0.828. The minimum Gasteiger partial charge on any atom is -0.354 e. The van der Waals surface area contributed by atoms with Crippen molar-refractivity contribution in [3.8, 4) is 0 Å². The zero-order chi connectivity index (χ0) is 21.3. The Kier molecular flexibility index (Phi) is 5.80. The van der Waals surface area contributed by atoms with Crippen molar-refractivity contribution in [3.05, 3.63) is 47.3 Å². The van der Waals surface area contributed by atoms with Crippen molar-refractivity contribution in [2.75, 3.05) is 69.2 Å². The van der Waals surface area contributed by atoms with Crippen molar-refractivity contribution in [1.82, 2.24) is 19.8 Å². The average Bonchev–Trinajstić information content (AvgIpc) is 2.74. The number of carbonyl (C=O) groups excluding carboxylic acids is 1. The summed E-state index contributed by atoms with van der Waals surface area (Å²) < 4.78 is 27.9. The van der Waals surface area contributed by atoms with Gasteiger partial charge in [0.2, 0.25) is 0 Å². The molecule has 0 aliphatic carbocycles. The number of hydrogen-bond donors (Lipinski definition) is 0. The van der Waals surface area contributed by atoms with E-state index in [2.05, 4.69) is 31.7 Å². The Balaban J connectivity index is 1.45. The molecule has 0 bridgehead atoms. The van der Waals surface area contributed by atoms with E-state index in [4.69, 9.17) is 0 Å². The van der Waals surface area contributed by atoms with Crippen LogP contribution < -0.4 is 9.80 Å². The van der Waals surface area contributed by atoms with Crippen LogP contribution in [0.5, 0.6) is 0 Å². The Morgan fingerprint density at radius 1 is 0.867 bits per heavy atom. The number of aryl methyl sites for hydroxylation is 1. The molecule has 160 valence electrons. The molecule has 0 N–H and O–H groups in total. The number of benzene rings is 1. The summed E-state index contributed by atoms with van der Waals surface area (Å²) in [6.07, 6.45) is 0. The Morgan fingerprint density at radius 2 is 1.37 bits per heavy atom. The monoisotopic (exact) mass is 416 g/mol. The predicted octanol–water partition coefficient (Wildman–Crippen LogP) is 1.78. The molecule has 1 amide bonds. The predicted molar refractivity (Wildman–Crippen MR) is 111 cm³/mol. The molecule has 1 aromatic heterocycles. The van der Waals surface area contributed by atoms with Crippen molar-refractivity contribution in [3.63, 3.8) is 0 Å². The van der Waals surface area contributed by atoms with Gasteiger partial charge in [-0.15, -0.1) is 0 Å². The Hall–Kier alpha value is -2.81. The summed E-state index contributed by atoms with van der Waals surface area (Å²) in [7, 11) is 2.11. The van der Waals surface area contributed by atoms with E-state index >= 15 is 0 Å². The molecule has 0 atom stereocenters. The molecule has 2 saturated heterocycles. The average molecular weight is 416 g/mol. The molecule has 0 radical (unpaired) electrons. The first-order chi connectivity index (χ1) is 14.4. The highest BCUT2D eigenvalue weighted by Gasteiger charge is 2.27. The number of likely N-dealkylation sites (N-methyl/N-ethyl adjacent to an activating group) is 1. The molecular formula is C21H26F2N6O. The molecule has 4 rings (SSSR count). The number of amides is 1. The first-order valence-corrected chi connectivity index (χ1v) is 10.2. The van der Waals surface area contributed by atoms with Gasteiger partial charge in [-0.3, -0.25) is 4.79 Å². The lowest BCUT2D eigenvalue weighted by atomic mass is 10.1. The lowest BCUT2D eigenvalue weighted by Gasteiger charge is -2.37. The van der Waals surface area contributed by atoms with E-state index in [0.29, 0.717) is 32.0 Å². The van der Waals surface area contributed by atoms with Crippen LogP contribution in [0.15, 0.2) is 24.3 Å². The first-order valence-electron chi connectivity index (χ1n) is 10.2. The van der Waals surface area contributed by atoms with Crippen LogP contribution in [0.2, 0.25) is 0 Å². The second-order valence-electron chi connectivity index (χ2n) is 7.80. The first kappa shape index (κ1) is 20.5. The molecule has 7 nitrogen and oxygen atoms in total. The normalized spacial score (nSPS) is 18.1. The van der Waals surface area contributed by atoms with Crippen LogP contribution in [0, 0.1) is 18.6 Å². The van der Waals surface area contributed by atoms with Gasteiger partial charge in [0.25, 0.3) is 5.91 Å². The van der Waals surface area contributed by atoms with E-state index in [1.807, 2.05) is 13.0 Å². The summed E-state index contributed by atoms with van der Waals surface area (Å²) in [5.41, 5.74) is -0.485. The molecule has 1 aromatic carbocycles. The van der Waals surface area contributed by atoms with E-state index in [9.17, 15) is 13.6 Å². The fourth-order valence-electron chi connectivity index (χ4n) is 3.90. The Bertz CT molecular complexity index is 903. The number of halogens is 2.